The highest BCUT2D eigenvalue weighted by Gasteiger charge is 2.03. The third-order valence-corrected chi connectivity index (χ3v) is 2.62. The first kappa shape index (κ1) is 13.0. The molecule has 0 aliphatic carbocycles. The summed E-state index contributed by atoms with van der Waals surface area (Å²) < 4.78 is 0. The van der Waals surface area contributed by atoms with E-state index in [-0.39, 0.29) is 5.95 Å². The molecule has 6 N–H and O–H groups in total. The zero-order chi connectivity index (χ0) is 13.7. The monoisotopic (exact) mass is 260 g/mol. The molecule has 0 unspecified atom stereocenters. The summed E-state index contributed by atoms with van der Waals surface area (Å²) in [7, 11) is 0. The molecule has 1 heterocycles. The van der Waals surface area contributed by atoms with Crippen molar-refractivity contribution >= 4 is 18.2 Å². The Morgan fingerprint density at radius 2 is 2.00 bits per heavy atom. The summed E-state index contributed by atoms with van der Waals surface area (Å²) in [4.78, 5) is 14.4. The van der Waals surface area contributed by atoms with Crippen LogP contribution in [-0.2, 0) is 17.8 Å². The van der Waals surface area contributed by atoms with Crippen LogP contribution in [0.1, 0.15) is 11.1 Å². The van der Waals surface area contributed by atoms with E-state index in [1.165, 1.54) is 0 Å². The topological polar surface area (TPSA) is 123 Å². The highest BCUT2D eigenvalue weighted by molar-refractivity contribution is 5.57. The molecule has 7 heteroatoms. The number of rotatable bonds is 6. The van der Waals surface area contributed by atoms with Crippen LogP contribution in [0, 0.1) is 0 Å². The molecule has 0 fully saturated rings. The quantitative estimate of drug-likeness (QED) is 0.545. The second kappa shape index (κ2) is 5.96. The van der Waals surface area contributed by atoms with Gasteiger partial charge >= 0.3 is 0 Å². The molecule has 0 aliphatic heterocycles. The summed E-state index contributed by atoms with van der Waals surface area (Å²) in [6, 6.07) is 7.39. The number of nitrogen functional groups attached to an aromatic ring is 1. The maximum Gasteiger partial charge on any atom is 0.243 e. The number of nitrogens with one attached hydrogen (secondary N) is 2. The van der Waals surface area contributed by atoms with Gasteiger partial charge in [0.2, 0.25) is 11.9 Å². The van der Waals surface area contributed by atoms with Gasteiger partial charge in [-0.25, -0.2) is 5.10 Å². The minimum absolute atomic E-state index is 0.278. The van der Waals surface area contributed by atoms with Crippen molar-refractivity contribution in [1.82, 2.24) is 15.2 Å². The highest BCUT2D eigenvalue weighted by Crippen LogP contribution is 2.08. The van der Waals surface area contributed by atoms with E-state index < -0.39 is 6.04 Å². The minimum atomic E-state index is -0.444. The Kier molecular flexibility index (Phi) is 4.09. The minimum Gasteiger partial charge on any atom is -0.368 e. The molecule has 2 aromatic rings. The average molecular weight is 260 g/mol. The Balaban J connectivity index is 1.89. The largest absolute Gasteiger partial charge is 0.368 e. The van der Waals surface area contributed by atoms with Crippen LogP contribution in [0.4, 0.5) is 11.9 Å². The highest BCUT2D eigenvalue weighted by atomic mass is 16.1. The van der Waals surface area contributed by atoms with Crippen LogP contribution >= 0.6 is 0 Å². The number of hydrogen-bond donors (Lipinski definition) is 4. The lowest BCUT2D eigenvalue weighted by molar-refractivity contribution is -0.108. The smallest absolute Gasteiger partial charge is 0.243 e. The predicted molar refractivity (Wildman–Crippen MR) is 72.3 cm³/mol. The molecular formula is C12H16N6O. The average Bonchev–Trinajstić information content (AvgIpc) is 2.83. The number of H-pyrrole nitrogens is 1. The SMILES string of the molecule is Nc1nc(NCc2ccc(C[C@H](N)C=O)cc2)n[nH]1. The number of aldehydes is 1. The van der Waals surface area contributed by atoms with Crippen molar-refractivity contribution in [1.29, 1.82) is 0 Å². The van der Waals surface area contributed by atoms with Crippen molar-refractivity contribution in [2.24, 2.45) is 5.73 Å². The molecular weight excluding hydrogens is 244 g/mol. The van der Waals surface area contributed by atoms with Gasteiger partial charge in [0.1, 0.15) is 6.29 Å². The van der Waals surface area contributed by atoms with Crippen LogP contribution in [0.15, 0.2) is 24.3 Å². The van der Waals surface area contributed by atoms with Crippen molar-refractivity contribution in [2.45, 2.75) is 19.0 Å². The Morgan fingerprint density at radius 3 is 2.58 bits per heavy atom. The molecule has 1 aromatic heterocycles. The maximum absolute atomic E-state index is 10.5. The van der Waals surface area contributed by atoms with E-state index in [2.05, 4.69) is 20.5 Å². The number of anilines is 2. The van der Waals surface area contributed by atoms with Gasteiger partial charge in [-0.1, -0.05) is 24.3 Å². The summed E-state index contributed by atoms with van der Waals surface area (Å²) in [6.07, 6.45) is 1.30. The van der Waals surface area contributed by atoms with Crippen LogP contribution in [0.3, 0.4) is 0 Å². The van der Waals surface area contributed by atoms with Crippen molar-refractivity contribution in [3.63, 3.8) is 0 Å². The summed E-state index contributed by atoms with van der Waals surface area (Å²) in [5.41, 5.74) is 13.1. The Bertz CT molecular complexity index is 535. The lowest BCUT2D eigenvalue weighted by Gasteiger charge is -2.06. The van der Waals surface area contributed by atoms with Crippen LogP contribution in [-0.4, -0.2) is 27.5 Å². The van der Waals surface area contributed by atoms with Crippen LogP contribution in [0.25, 0.3) is 0 Å². The van der Waals surface area contributed by atoms with Crippen molar-refractivity contribution < 1.29 is 4.79 Å². The van der Waals surface area contributed by atoms with Gasteiger partial charge in [0.15, 0.2) is 0 Å². The van der Waals surface area contributed by atoms with E-state index in [9.17, 15) is 4.79 Å². The molecule has 1 aromatic carbocycles. The molecule has 0 spiro atoms. The van der Waals surface area contributed by atoms with E-state index in [4.69, 9.17) is 11.5 Å². The van der Waals surface area contributed by atoms with Gasteiger partial charge in [-0.15, -0.1) is 5.10 Å². The van der Waals surface area contributed by atoms with Gasteiger partial charge in [-0.05, 0) is 17.5 Å². The van der Waals surface area contributed by atoms with Crippen LogP contribution in [0.2, 0.25) is 0 Å². The molecule has 0 saturated heterocycles. The summed E-state index contributed by atoms with van der Waals surface area (Å²) in [5, 5.41) is 9.46. The fraction of sp³-hybridized carbons (Fsp3) is 0.250. The second-order valence-corrected chi connectivity index (χ2v) is 4.22. The van der Waals surface area contributed by atoms with Gasteiger partial charge in [0.05, 0.1) is 6.04 Å². The zero-order valence-electron chi connectivity index (χ0n) is 10.3. The molecule has 1 atom stereocenters. The fourth-order valence-electron chi connectivity index (χ4n) is 1.65. The molecule has 0 amide bonds. The van der Waals surface area contributed by atoms with E-state index in [0.717, 1.165) is 17.4 Å². The third kappa shape index (κ3) is 3.78. The van der Waals surface area contributed by atoms with Crippen molar-refractivity contribution in [3.05, 3.63) is 35.4 Å². The third-order valence-electron chi connectivity index (χ3n) is 2.62. The van der Waals surface area contributed by atoms with E-state index in [1.54, 1.807) is 0 Å². The molecule has 0 bridgehead atoms. The van der Waals surface area contributed by atoms with Gasteiger partial charge in [-0.2, -0.15) is 4.98 Å². The molecule has 2 rings (SSSR count). The fourth-order valence-corrected chi connectivity index (χ4v) is 1.65. The van der Waals surface area contributed by atoms with Crippen LogP contribution in [0.5, 0.6) is 0 Å². The number of aromatic nitrogens is 3. The first-order chi connectivity index (χ1) is 9.17. The molecule has 100 valence electrons. The standard InChI is InChI=1S/C12H16N6O/c13-10(7-19)5-8-1-3-9(4-2-8)6-15-12-16-11(14)17-18-12/h1-4,7,10H,5-6,13H2,(H4,14,15,16,17,18)/t10-/m0/s1. The summed E-state index contributed by atoms with van der Waals surface area (Å²) >= 11 is 0. The number of nitrogens with zero attached hydrogens (tertiary/aromatic N) is 2. The number of hydrogen-bond acceptors (Lipinski definition) is 6. The van der Waals surface area contributed by atoms with Crippen molar-refractivity contribution in [2.75, 3.05) is 11.1 Å². The second-order valence-electron chi connectivity index (χ2n) is 4.22. The first-order valence-electron chi connectivity index (χ1n) is 5.88. The molecule has 0 saturated carbocycles. The maximum atomic E-state index is 10.5. The normalized spacial score (nSPS) is 12.1. The van der Waals surface area contributed by atoms with Gasteiger partial charge in [-0.3, -0.25) is 0 Å². The molecule has 19 heavy (non-hydrogen) atoms. The first-order valence-corrected chi connectivity index (χ1v) is 5.88. The number of carbonyl (C=O) groups excluding carboxylic acids is 1. The number of benzene rings is 1. The number of aromatic amines is 1. The van der Waals surface area contributed by atoms with E-state index in [1.807, 2.05) is 24.3 Å². The molecule has 0 radical (unpaired) electrons. The summed E-state index contributed by atoms with van der Waals surface area (Å²) in [6.45, 7) is 0.595. The summed E-state index contributed by atoms with van der Waals surface area (Å²) in [5.74, 6) is 0.741. The zero-order valence-corrected chi connectivity index (χ0v) is 10.3. The predicted octanol–water partition coefficient (Wildman–Crippen LogP) is 0.0677. The van der Waals surface area contributed by atoms with Gasteiger partial charge < -0.3 is 21.6 Å². The van der Waals surface area contributed by atoms with Gasteiger partial charge in [0.25, 0.3) is 0 Å². The molecule has 7 nitrogen and oxygen atoms in total. The number of nitrogens with two attached hydrogens (primary N) is 2. The van der Waals surface area contributed by atoms with Gasteiger partial charge in [0, 0.05) is 6.54 Å². The molecule has 0 aliphatic rings. The Labute approximate surface area is 110 Å². The van der Waals surface area contributed by atoms with E-state index in [0.29, 0.717) is 18.9 Å². The van der Waals surface area contributed by atoms with Crippen LogP contribution < -0.4 is 16.8 Å². The van der Waals surface area contributed by atoms with E-state index >= 15 is 0 Å². The Hall–Kier alpha value is -2.41. The lowest BCUT2D eigenvalue weighted by atomic mass is 10.1. The Morgan fingerprint density at radius 1 is 1.32 bits per heavy atom. The lowest BCUT2D eigenvalue weighted by Crippen LogP contribution is -2.23. The van der Waals surface area contributed by atoms with Crippen molar-refractivity contribution in [3.8, 4) is 0 Å². The number of carbonyl (C=O) groups is 1.